The molecule has 6 heteroatoms. The third kappa shape index (κ3) is 2.77. The molecule has 1 saturated carbocycles. The van der Waals surface area contributed by atoms with E-state index in [9.17, 15) is 9.18 Å². The number of amides is 1. The Morgan fingerprint density at radius 1 is 1.36 bits per heavy atom. The van der Waals surface area contributed by atoms with E-state index in [1.54, 1.807) is 40.0 Å². The van der Waals surface area contributed by atoms with Gasteiger partial charge < -0.3 is 11.1 Å². The maximum Gasteiger partial charge on any atom is 0.237 e. The zero-order valence-corrected chi connectivity index (χ0v) is 15.4. The molecule has 0 unspecified atom stereocenters. The quantitative estimate of drug-likeness (QED) is 0.880. The van der Waals surface area contributed by atoms with Crippen molar-refractivity contribution in [1.82, 2.24) is 4.90 Å². The first-order valence-electron chi connectivity index (χ1n) is 8.84. The Bertz CT molecular complexity index is 726. The van der Waals surface area contributed by atoms with Crippen molar-refractivity contribution in [3.8, 4) is 0 Å². The lowest BCUT2D eigenvalue weighted by Crippen LogP contribution is -2.58. The van der Waals surface area contributed by atoms with Crippen molar-refractivity contribution in [2.75, 3.05) is 18.9 Å². The standard InChI is InChI=1S/C19H27FN4O/c1-18(2)16(25)24(4)17(21)23-19(18,3)14-10-13(8-9-15(14)20)22-11-12-6-5-7-12/h8-10,12,22H,5-7,11H2,1-4H3,(H2,21,23)/t19-/m1/s1. The molecule has 1 aromatic carbocycles. The van der Waals surface area contributed by atoms with Crippen LogP contribution in [0.2, 0.25) is 0 Å². The molecule has 1 atom stereocenters. The van der Waals surface area contributed by atoms with Crippen molar-refractivity contribution in [1.29, 1.82) is 0 Å². The van der Waals surface area contributed by atoms with E-state index in [1.807, 2.05) is 0 Å². The molecule has 1 fully saturated rings. The molecule has 25 heavy (non-hydrogen) atoms. The molecular weight excluding hydrogens is 319 g/mol. The number of aliphatic imine (C=N–C) groups is 1. The Hall–Kier alpha value is -2.11. The molecule has 1 amide bonds. The van der Waals surface area contributed by atoms with E-state index in [1.165, 1.54) is 30.2 Å². The number of nitrogens with zero attached hydrogens (tertiary/aromatic N) is 2. The van der Waals surface area contributed by atoms with Crippen LogP contribution in [-0.4, -0.2) is 30.4 Å². The fraction of sp³-hybridized carbons (Fsp3) is 0.579. The van der Waals surface area contributed by atoms with Crippen LogP contribution in [-0.2, 0) is 10.3 Å². The third-order valence-corrected chi connectivity index (χ3v) is 6.05. The third-order valence-electron chi connectivity index (χ3n) is 6.05. The average Bonchev–Trinajstić information content (AvgIpc) is 2.51. The van der Waals surface area contributed by atoms with Gasteiger partial charge in [0.25, 0.3) is 0 Å². The van der Waals surface area contributed by atoms with Gasteiger partial charge in [0.15, 0.2) is 5.96 Å². The van der Waals surface area contributed by atoms with Crippen LogP contribution in [0.4, 0.5) is 10.1 Å². The van der Waals surface area contributed by atoms with Crippen molar-refractivity contribution in [3.05, 3.63) is 29.6 Å². The van der Waals surface area contributed by atoms with E-state index in [-0.39, 0.29) is 17.7 Å². The number of rotatable bonds is 4. The van der Waals surface area contributed by atoms with Gasteiger partial charge in [-0.1, -0.05) is 6.42 Å². The van der Waals surface area contributed by atoms with Gasteiger partial charge >= 0.3 is 0 Å². The number of hydrogen-bond donors (Lipinski definition) is 2. The van der Waals surface area contributed by atoms with Crippen molar-refractivity contribution in [2.45, 2.75) is 45.6 Å². The molecule has 0 bridgehead atoms. The van der Waals surface area contributed by atoms with Crippen LogP contribution >= 0.6 is 0 Å². The lowest BCUT2D eigenvalue weighted by molar-refractivity contribution is -0.140. The molecule has 136 valence electrons. The number of anilines is 1. The minimum absolute atomic E-state index is 0.110. The number of carbonyl (C=O) groups is 1. The Labute approximate surface area is 148 Å². The summed E-state index contributed by atoms with van der Waals surface area (Å²) in [7, 11) is 1.59. The van der Waals surface area contributed by atoms with E-state index < -0.39 is 11.0 Å². The van der Waals surface area contributed by atoms with E-state index in [4.69, 9.17) is 5.73 Å². The number of halogens is 1. The van der Waals surface area contributed by atoms with Crippen LogP contribution in [0.25, 0.3) is 0 Å². The van der Waals surface area contributed by atoms with Crippen LogP contribution in [0.15, 0.2) is 23.2 Å². The minimum Gasteiger partial charge on any atom is -0.385 e. The van der Waals surface area contributed by atoms with Crippen LogP contribution in [0.1, 0.15) is 45.6 Å². The molecule has 0 spiro atoms. The first kappa shape index (κ1) is 17.7. The predicted octanol–water partition coefficient (Wildman–Crippen LogP) is 3.07. The lowest BCUT2D eigenvalue weighted by atomic mass is 9.67. The number of benzene rings is 1. The summed E-state index contributed by atoms with van der Waals surface area (Å²) in [6.45, 7) is 6.24. The van der Waals surface area contributed by atoms with Crippen molar-refractivity contribution >= 4 is 17.6 Å². The summed E-state index contributed by atoms with van der Waals surface area (Å²) in [6, 6.07) is 4.94. The smallest absolute Gasteiger partial charge is 0.237 e. The molecule has 0 aromatic heterocycles. The van der Waals surface area contributed by atoms with Gasteiger partial charge in [0.1, 0.15) is 11.4 Å². The summed E-state index contributed by atoms with van der Waals surface area (Å²) in [5, 5.41) is 3.39. The highest BCUT2D eigenvalue weighted by Crippen LogP contribution is 2.47. The molecule has 2 aliphatic rings. The second-order valence-electron chi connectivity index (χ2n) is 7.90. The Morgan fingerprint density at radius 3 is 2.64 bits per heavy atom. The lowest BCUT2D eigenvalue weighted by Gasteiger charge is -2.46. The van der Waals surface area contributed by atoms with Gasteiger partial charge in [-0.2, -0.15) is 0 Å². The highest BCUT2D eigenvalue weighted by Gasteiger charge is 2.53. The second kappa shape index (κ2) is 6.00. The highest BCUT2D eigenvalue weighted by molar-refractivity contribution is 6.01. The monoisotopic (exact) mass is 346 g/mol. The summed E-state index contributed by atoms with van der Waals surface area (Å²) >= 11 is 0. The fourth-order valence-electron chi connectivity index (χ4n) is 3.54. The molecule has 1 aliphatic heterocycles. The predicted molar refractivity (Wildman–Crippen MR) is 97.8 cm³/mol. The van der Waals surface area contributed by atoms with E-state index in [0.29, 0.717) is 11.5 Å². The fourth-order valence-corrected chi connectivity index (χ4v) is 3.54. The van der Waals surface area contributed by atoms with Gasteiger partial charge in [0.2, 0.25) is 5.91 Å². The first-order valence-corrected chi connectivity index (χ1v) is 8.84. The highest BCUT2D eigenvalue weighted by atomic mass is 19.1. The van der Waals surface area contributed by atoms with Crippen molar-refractivity contribution in [2.24, 2.45) is 22.1 Å². The molecule has 5 nitrogen and oxygen atoms in total. The molecule has 3 rings (SSSR count). The van der Waals surface area contributed by atoms with Crippen LogP contribution < -0.4 is 11.1 Å². The van der Waals surface area contributed by atoms with Gasteiger partial charge in [-0.15, -0.1) is 0 Å². The number of hydrogen-bond acceptors (Lipinski definition) is 4. The number of guanidine groups is 1. The summed E-state index contributed by atoms with van der Waals surface area (Å²) < 4.78 is 14.7. The number of nitrogens with two attached hydrogens (primary N) is 1. The zero-order valence-electron chi connectivity index (χ0n) is 15.4. The molecular formula is C19H27FN4O. The van der Waals surface area contributed by atoms with Gasteiger partial charge in [-0.05, 0) is 57.7 Å². The summed E-state index contributed by atoms with van der Waals surface area (Å²) in [5.74, 6) is 0.256. The SMILES string of the molecule is CN1C(=O)C(C)(C)[C@@](C)(c2cc(NCC3CCC3)ccc2F)N=C1N. The number of nitrogens with one attached hydrogen (secondary N) is 1. The van der Waals surface area contributed by atoms with Gasteiger partial charge in [0.05, 0.1) is 5.41 Å². The second-order valence-corrected chi connectivity index (χ2v) is 7.90. The molecule has 1 aromatic rings. The van der Waals surface area contributed by atoms with Crippen molar-refractivity contribution in [3.63, 3.8) is 0 Å². The Morgan fingerprint density at radius 2 is 2.04 bits per heavy atom. The maximum absolute atomic E-state index is 14.7. The molecule has 1 heterocycles. The first-order chi connectivity index (χ1) is 11.7. The zero-order chi connectivity index (χ0) is 18.4. The van der Waals surface area contributed by atoms with Crippen LogP contribution in [0, 0.1) is 17.2 Å². The van der Waals surface area contributed by atoms with Gasteiger partial charge in [-0.3, -0.25) is 9.69 Å². The molecule has 0 radical (unpaired) electrons. The van der Waals surface area contributed by atoms with Gasteiger partial charge in [0, 0.05) is 24.8 Å². The van der Waals surface area contributed by atoms with Crippen molar-refractivity contribution < 1.29 is 9.18 Å². The summed E-state index contributed by atoms with van der Waals surface area (Å²) in [4.78, 5) is 18.6. The average molecular weight is 346 g/mol. The van der Waals surface area contributed by atoms with Crippen LogP contribution in [0.5, 0.6) is 0 Å². The topological polar surface area (TPSA) is 70.7 Å². The molecule has 0 saturated heterocycles. The van der Waals surface area contributed by atoms with E-state index in [0.717, 1.165) is 12.2 Å². The Balaban J connectivity index is 1.99. The largest absolute Gasteiger partial charge is 0.385 e. The molecule has 1 aliphatic carbocycles. The Kier molecular flexibility index (Phi) is 4.25. The van der Waals surface area contributed by atoms with Gasteiger partial charge in [-0.25, -0.2) is 9.38 Å². The van der Waals surface area contributed by atoms with E-state index in [2.05, 4.69) is 10.3 Å². The summed E-state index contributed by atoms with van der Waals surface area (Å²) in [5.41, 5.74) is 5.18. The normalized spacial score (nSPS) is 26.2. The maximum atomic E-state index is 14.7. The van der Waals surface area contributed by atoms with E-state index >= 15 is 0 Å². The minimum atomic E-state index is -1.07. The number of carbonyl (C=O) groups excluding carboxylic acids is 1. The molecule has 3 N–H and O–H groups in total. The van der Waals surface area contributed by atoms with Crippen LogP contribution in [0.3, 0.4) is 0 Å². The summed E-state index contributed by atoms with van der Waals surface area (Å²) in [6.07, 6.45) is 3.78.